The molecule has 0 bridgehead atoms. The second-order valence-corrected chi connectivity index (χ2v) is 12.0. The maximum atomic E-state index is 12.2. The Morgan fingerprint density at radius 2 is 1.81 bits per heavy atom. The largest absolute Gasteiger partial charge is 0.393 e. The second-order valence-electron chi connectivity index (χ2n) is 12.0. The first-order valence-corrected chi connectivity index (χ1v) is 13.4. The number of ketones is 1. The van der Waals surface area contributed by atoms with Crippen LogP contribution < -0.4 is 5.73 Å². The van der Waals surface area contributed by atoms with Crippen LogP contribution in [0, 0.1) is 34.5 Å². The SMILES string of the molecule is C[C@]12CCC(=O)C[C@@H]1CC[C@@H]1[C@@H]2[C@@H](OCCCCCCCC(N)=O)C[C@]2(C)[C@@H](O)CC[C@@H]12. The maximum Gasteiger partial charge on any atom is 0.217 e. The van der Waals surface area contributed by atoms with Crippen molar-refractivity contribution >= 4 is 11.7 Å². The van der Waals surface area contributed by atoms with Crippen molar-refractivity contribution in [2.24, 2.45) is 40.2 Å². The minimum absolute atomic E-state index is 0.0196. The number of ether oxygens (including phenoxy) is 1. The lowest BCUT2D eigenvalue weighted by molar-refractivity contribution is -0.192. The Labute approximate surface area is 194 Å². The lowest BCUT2D eigenvalue weighted by atomic mass is 9.44. The van der Waals surface area contributed by atoms with Crippen molar-refractivity contribution in [2.75, 3.05) is 6.61 Å². The van der Waals surface area contributed by atoms with Crippen LogP contribution in [0.15, 0.2) is 0 Å². The fraction of sp³-hybridized carbons (Fsp3) is 0.926. The standard InChI is InChI=1S/C27H45NO4/c1-26-14-13-19(29)16-18(26)9-10-20-21-11-12-23(30)27(21,2)17-22(25(20)26)32-15-7-5-3-4-6-8-24(28)31/h18,20-23,25,30H,3-17H2,1-2H3,(H2,28,31)/t18-,20-,21-,22-,23-,25+,26-,27-/m0/s1. The summed E-state index contributed by atoms with van der Waals surface area (Å²) in [5.41, 5.74) is 5.40. The number of hydrogen-bond acceptors (Lipinski definition) is 4. The van der Waals surface area contributed by atoms with E-state index in [9.17, 15) is 14.7 Å². The number of rotatable bonds is 9. The molecule has 5 heteroatoms. The molecule has 0 aromatic carbocycles. The third-order valence-corrected chi connectivity index (χ3v) is 10.2. The average Bonchev–Trinajstić information content (AvgIpc) is 3.04. The predicted octanol–water partition coefficient (Wildman–Crippen LogP) is 4.78. The van der Waals surface area contributed by atoms with Crippen LogP contribution >= 0.6 is 0 Å². The zero-order valence-electron chi connectivity index (χ0n) is 20.3. The van der Waals surface area contributed by atoms with E-state index in [1.807, 2.05) is 0 Å². The molecule has 0 radical (unpaired) electrons. The summed E-state index contributed by atoms with van der Waals surface area (Å²) in [7, 11) is 0. The number of aliphatic hydroxyl groups excluding tert-OH is 1. The third-order valence-electron chi connectivity index (χ3n) is 10.2. The van der Waals surface area contributed by atoms with Gasteiger partial charge in [-0.15, -0.1) is 0 Å². The maximum absolute atomic E-state index is 12.2. The van der Waals surface area contributed by atoms with Crippen molar-refractivity contribution in [1.82, 2.24) is 0 Å². The van der Waals surface area contributed by atoms with Crippen LogP contribution in [0.5, 0.6) is 0 Å². The smallest absolute Gasteiger partial charge is 0.217 e. The number of carbonyl (C=O) groups is 2. The topological polar surface area (TPSA) is 89.6 Å². The number of aliphatic hydroxyl groups is 1. The summed E-state index contributed by atoms with van der Waals surface area (Å²) in [5.74, 6) is 2.51. The number of fused-ring (bicyclic) bond motifs is 5. The molecule has 32 heavy (non-hydrogen) atoms. The Kier molecular flexibility index (Phi) is 7.36. The summed E-state index contributed by atoms with van der Waals surface area (Å²) in [4.78, 5) is 23.1. The molecule has 5 nitrogen and oxygen atoms in total. The molecule has 0 aromatic heterocycles. The fourth-order valence-electron chi connectivity index (χ4n) is 8.43. The molecule has 4 aliphatic carbocycles. The first kappa shape index (κ1) is 24.2. The van der Waals surface area contributed by atoms with Crippen LogP contribution in [-0.4, -0.2) is 35.6 Å². The minimum atomic E-state index is -0.205. The van der Waals surface area contributed by atoms with Crippen molar-refractivity contribution in [3.05, 3.63) is 0 Å². The highest BCUT2D eigenvalue weighted by Crippen LogP contribution is 2.66. The van der Waals surface area contributed by atoms with Crippen LogP contribution in [-0.2, 0) is 14.3 Å². The lowest BCUT2D eigenvalue weighted by Gasteiger charge is -2.62. The number of hydrogen-bond donors (Lipinski definition) is 2. The van der Waals surface area contributed by atoms with Crippen LogP contribution in [0.2, 0.25) is 0 Å². The van der Waals surface area contributed by atoms with Gasteiger partial charge >= 0.3 is 0 Å². The third kappa shape index (κ3) is 4.53. The average molecular weight is 448 g/mol. The van der Waals surface area contributed by atoms with Crippen molar-refractivity contribution in [3.63, 3.8) is 0 Å². The number of carbonyl (C=O) groups excluding carboxylic acids is 2. The lowest BCUT2D eigenvalue weighted by Crippen LogP contribution is -2.60. The first-order valence-electron chi connectivity index (χ1n) is 13.4. The van der Waals surface area contributed by atoms with Gasteiger partial charge in [0.1, 0.15) is 5.78 Å². The number of Topliss-reactive ketones (excluding diaryl/α,β-unsaturated/α-hetero) is 1. The first-order chi connectivity index (χ1) is 15.3. The Balaban J connectivity index is 1.41. The van der Waals surface area contributed by atoms with Crippen molar-refractivity contribution in [2.45, 2.75) is 116 Å². The van der Waals surface area contributed by atoms with Gasteiger partial charge in [-0.1, -0.05) is 33.1 Å². The number of primary amides is 1. The van der Waals surface area contributed by atoms with Crippen LogP contribution in [0.25, 0.3) is 0 Å². The molecule has 4 aliphatic rings. The molecule has 0 heterocycles. The molecule has 4 saturated carbocycles. The highest BCUT2D eigenvalue weighted by atomic mass is 16.5. The molecule has 8 atom stereocenters. The van der Waals surface area contributed by atoms with Gasteiger partial charge in [0.2, 0.25) is 5.91 Å². The van der Waals surface area contributed by atoms with E-state index in [4.69, 9.17) is 10.5 Å². The summed E-state index contributed by atoms with van der Waals surface area (Å²) >= 11 is 0. The van der Waals surface area contributed by atoms with E-state index in [0.29, 0.717) is 35.9 Å². The molecule has 0 saturated heterocycles. The summed E-state index contributed by atoms with van der Waals surface area (Å²) in [6.45, 7) is 5.56. The molecule has 0 aliphatic heterocycles. The van der Waals surface area contributed by atoms with Crippen molar-refractivity contribution in [1.29, 1.82) is 0 Å². The fourth-order valence-corrected chi connectivity index (χ4v) is 8.43. The van der Waals surface area contributed by atoms with Crippen molar-refractivity contribution < 1.29 is 19.4 Å². The van der Waals surface area contributed by atoms with Crippen LogP contribution in [0.4, 0.5) is 0 Å². The minimum Gasteiger partial charge on any atom is -0.393 e. The monoisotopic (exact) mass is 447 g/mol. The predicted molar refractivity (Wildman–Crippen MR) is 125 cm³/mol. The summed E-state index contributed by atoms with van der Waals surface area (Å²) < 4.78 is 6.69. The molecule has 0 spiro atoms. The van der Waals surface area contributed by atoms with Gasteiger partial charge in [-0.05, 0) is 85.9 Å². The Hall–Kier alpha value is -0.940. The summed E-state index contributed by atoms with van der Waals surface area (Å²) in [6, 6.07) is 0. The molecular weight excluding hydrogens is 402 g/mol. The molecule has 4 rings (SSSR count). The zero-order valence-corrected chi connectivity index (χ0v) is 20.3. The van der Waals surface area contributed by atoms with Crippen LogP contribution in [0.1, 0.15) is 104 Å². The van der Waals surface area contributed by atoms with E-state index >= 15 is 0 Å². The normalized spacial score (nSPS) is 43.4. The van der Waals surface area contributed by atoms with Gasteiger partial charge < -0.3 is 15.6 Å². The van der Waals surface area contributed by atoms with E-state index in [1.54, 1.807) is 0 Å². The van der Waals surface area contributed by atoms with Gasteiger partial charge in [-0.3, -0.25) is 9.59 Å². The van der Waals surface area contributed by atoms with E-state index in [0.717, 1.165) is 77.2 Å². The molecule has 0 unspecified atom stereocenters. The number of amides is 1. The number of nitrogens with two attached hydrogens (primary N) is 1. The van der Waals surface area contributed by atoms with E-state index in [1.165, 1.54) is 12.8 Å². The Morgan fingerprint density at radius 1 is 1.06 bits per heavy atom. The summed E-state index contributed by atoms with van der Waals surface area (Å²) in [5, 5.41) is 10.9. The molecule has 0 aromatic rings. The zero-order chi connectivity index (χ0) is 22.9. The van der Waals surface area contributed by atoms with Gasteiger partial charge in [-0.2, -0.15) is 0 Å². The quantitative estimate of drug-likeness (QED) is 0.498. The van der Waals surface area contributed by atoms with Gasteiger partial charge in [0, 0.05) is 25.9 Å². The Morgan fingerprint density at radius 3 is 2.59 bits per heavy atom. The Bertz CT molecular complexity index is 695. The second kappa shape index (κ2) is 9.74. The van der Waals surface area contributed by atoms with Gasteiger partial charge in [0.25, 0.3) is 0 Å². The highest BCUT2D eigenvalue weighted by Gasteiger charge is 2.63. The van der Waals surface area contributed by atoms with Gasteiger partial charge in [-0.25, -0.2) is 0 Å². The molecule has 1 amide bonds. The van der Waals surface area contributed by atoms with Gasteiger partial charge in [0.05, 0.1) is 12.2 Å². The van der Waals surface area contributed by atoms with E-state index < -0.39 is 0 Å². The molecular formula is C27H45NO4. The summed E-state index contributed by atoms with van der Waals surface area (Å²) in [6.07, 6.45) is 13.6. The molecule has 182 valence electrons. The highest BCUT2D eigenvalue weighted by molar-refractivity contribution is 5.79. The number of unbranched alkanes of at least 4 members (excludes halogenated alkanes) is 4. The van der Waals surface area contributed by atoms with E-state index in [2.05, 4.69) is 13.8 Å². The molecule has 3 N–H and O–H groups in total. The van der Waals surface area contributed by atoms with Crippen LogP contribution in [0.3, 0.4) is 0 Å². The van der Waals surface area contributed by atoms with Crippen molar-refractivity contribution in [3.8, 4) is 0 Å². The molecule has 4 fully saturated rings. The van der Waals surface area contributed by atoms with Gasteiger partial charge in [0.15, 0.2) is 0 Å². The van der Waals surface area contributed by atoms with E-state index in [-0.39, 0.29) is 28.9 Å².